The van der Waals surface area contributed by atoms with E-state index >= 15 is 0 Å². The summed E-state index contributed by atoms with van der Waals surface area (Å²) in [7, 11) is 2.28. The minimum Gasteiger partial charge on any atom is -0.381 e. The first-order chi connectivity index (χ1) is 7.68. The lowest BCUT2D eigenvalue weighted by Gasteiger charge is -2.32. The molecule has 17 heavy (non-hydrogen) atoms. The lowest BCUT2D eigenvalue weighted by molar-refractivity contribution is 0.0513. The van der Waals surface area contributed by atoms with Gasteiger partial charge in [-0.05, 0) is 44.2 Å². The predicted octanol–water partition coefficient (Wildman–Crippen LogP) is 1.77. The molecule has 0 bridgehead atoms. The summed E-state index contributed by atoms with van der Waals surface area (Å²) in [5.41, 5.74) is 0.500. The first kappa shape index (κ1) is 15.2. The second kappa shape index (κ2) is 6.93. The van der Waals surface area contributed by atoms with Gasteiger partial charge in [0.15, 0.2) is 0 Å². The Labute approximate surface area is 112 Å². The molecule has 0 amide bonds. The van der Waals surface area contributed by atoms with Crippen molar-refractivity contribution in [3.05, 3.63) is 0 Å². The Morgan fingerprint density at radius 3 is 2.65 bits per heavy atom. The Kier molecular flexibility index (Phi) is 6.21. The fraction of sp³-hybridized carbons (Fsp3) is 1.00. The molecule has 0 aromatic rings. The van der Waals surface area contributed by atoms with E-state index in [9.17, 15) is 0 Å². The third-order valence-electron chi connectivity index (χ3n) is 4.02. The van der Waals surface area contributed by atoms with Crippen molar-refractivity contribution >= 4 is 12.4 Å². The van der Waals surface area contributed by atoms with Gasteiger partial charge in [0.05, 0.1) is 0 Å². The summed E-state index contributed by atoms with van der Waals surface area (Å²) in [4.78, 5) is 2.53. The molecule has 2 aliphatic heterocycles. The van der Waals surface area contributed by atoms with Crippen molar-refractivity contribution in [3.8, 4) is 0 Å². The number of nitrogens with one attached hydrogen (secondary N) is 1. The standard InChI is InChI=1S/C13H26N2O.ClH/c1-13(5-6-14-10-13)11-15(2)9-12-3-7-16-8-4-12;/h12,14H,3-11H2,1-2H3;1H. The molecule has 0 saturated carbocycles. The Balaban J connectivity index is 0.00000144. The molecular weight excluding hydrogens is 236 g/mol. The monoisotopic (exact) mass is 262 g/mol. The van der Waals surface area contributed by atoms with Gasteiger partial charge in [-0.15, -0.1) is 12.4 Å². The third-order valence-corrected chi connectivity index (χ3v) is 4.02. The van der Waals surface area contributed by atoms with E-state index in [2.05, 4.69) is 24.2 Å². The lowest BCUT2D eigenvalue weighted by Crippen LogP contribution is -2.38. The molecular formula is C13H27ClN2O. The molecule has 0 aliphatic carbocycles. The number of hydrogen-bond donors (Lipinski definition) is 1. The zero-order chi connectivity index (χ0) is 11.4. The second-order valence-electron chi connectivity index (χ2n) is 5.99. The maximum Gasteiger partial charge on any atom is 0.0469 e. The molecule has 0 radical (unpaired) electrons. The van der Waals surface area contributed by atoms with E-state index in [1.165, 1.54) is 45.4 Å². The minimum atomic E-state index is 0. The molecule has 2 heterocycles. The number of rotatable bonds is 4. The predicted molar refractivity (Wildman–Crippen MR) is 73.9 cm³/mol. The van der Waals surface area contributed by atoms with Gasteiger partial charge >= 0.3 is 0 Å². The highest BCUT2D eigenvalue weighted by molar-refractivity contribution is 5.85. The molecule has 2 saturated heterocycles. The lowest BCUT2D eigenvalue weighted by atomic mass is 9.88. The molecule has 2 fully saturated rings. The van der Waals surface area contributed by atoms with Gasteiger partial charge in [0.25, 0.3) is 0 Å². The van der Waals surface area contributed by atoms with Crippen LogP contribution in [0.25, 0.3) is 0 Å². The van der Waals surface area contributed by atoms with Crippen molar-refractivity contribution < 1.29 is 4.74 Å². The minimum absolute atomic E-state index is 0. The fourth-order valence-electron chi connectivity index (χ4n) is 3.09. The summed E-state index contributed by atoms with van der Waals surface area (Å²) in [6.45, 7) is 9.21. The SMILES string of the molecule is CN(CC1CCOCC1)CC1(C)CCNC1.Cl. The van der Waals surface area contributed by atoms with E-state index in [4.69, 9.17) is 4.74 Å². The number of halogens is 1. The van der Waals surface area contributed by atoms with E-state index in [1.807, 2.05) is 0 Å². The van der Waals surface area contributed by atoms with Crippen LogP contribution < -0.4 is 5.32 Å². The van der Waals surface area contributed by atoms with Crippen molar-refractivity contribution in [1.29, 1.82) is 0 Å². The number of ether oxygens (including phenoxy) is 1. The second-order valence-corrected chi connectivity index (χ2v) is 5.99. The molecule has 3 nitrogen and oxygen atoms in total. The first-order valence-electron chi connectivity index (χ1n) is 6.65. The van der Waals surface area contributed by atoms with Gasteiger partial charge in [0.1, 0.15) is 0 Å². The van der Waals surface area contributed by atoms with Crippen LogP contribution in [0.3, 0.4) is 0 Å². The van der Waals surface area contributed by atoms with Crippen LogP contribution in [0.1, 0.15) is 26.2 Å². The highest BCUT2D eigenvalue weighted by Crippen LogP contribution is 2.26. The van der Waals surface area contributed by atoms with Gasteiger partial charge in [-0.25, -0.2) is 0 Å². The maximum absolute atomic E-state index is 5.41. The Morgan fingerprint density at radius 1 is 1.35 bits per heavy atom. The third kappa shape index (κ3) is 4.74. The van der Waals surface area contributed by atoms with Crippen LogP contribution in [0.15, 0.2) is 0 Å². The van der Waals surface area contributed by atoms with E-state index in [0.29, 0.717) is 5.41 Å². The van der Waals surface area contributed by atoms with Gasteiger partial charge < -0.3 is 15.0 Å². The summed E-state index contributed by atoms with van der Waals surface area (Å²) >= 11 is 0. The zero-order valence-corrected chi connectivity index (χ0v) is 12.0. The van der Waals surface area contributed by atoms with Gasteiger partial charge in [-0.2, -0.15) is 0 Å². The Morgan fingerprint density at radius 2 is 2.06 bits per heavy atom. The summed E-state index contributed by atoms with van der Waals surface area (Å²) in [5, 5.41) is 3.48. The maximum atomic E-state index is 5.41. The highest BCUT2D eigenvalue weighted by Gasteiger charge is 2.30. The first-order valence-corrected chi connectivity index (χ1v) is 6.65. The summed E-state index contributed by atoms with van der Waals surface area (Å²) in [5.74, 6) is 0.858. The average Bonchev–Trinajstić information content (AvgIpc) is 2.66. The molecule has 0 aromatic carbocycles. The molecule has 1 unspecified atom stereocenters. The smallest absolute Gasteiger partial charge is 0.0469 e. The van der Waals surface area contributed by atoms with Crippen LogP contribution in [-0.2, 0) is 4.74 Å². The van der Waals surface area contributed by atoms with Crippen LogP contribution in [-0.4, -0.2) is 51.3 Å². The summed E-state index contributed by atoms with van der Waals surface area (Å²) < 4.78 is 5.41. The fourth-order valence-corrected chi connectivity index (χ4v) is 3.09. The van der Waals surface area contributed by atoms with Crippen LogP contribution >= 0.6 is 12.4 Å². The molecule has 2 rings (SSSR count). The molecule has 1 N–H and O–H groups in total. The highest BCUT2D eigenvalue weighted by atomic mass is 35.5. The molecule has 2 aliphatic rings. The van der Waals surface area contributed by atoms with Crippen molar-refractivity contribution in [3.63, 3.8) is 0 Å². The number of hydrogen-bond acceptors (Lipinski definition) is 3. The van der Waals surface area contributed by atoms with Crippen LogP contribution in [0, 0.1) is 11.3 Å². The van der Waals surface area contributed by atoms with Gasteiger partial charge in [-0.3, -0.25) is 0 Å². The van der Waals surface area contributed by atoms with Gasteiger partial charge in [0, 0.05) is 32.8 Å². The average molecular weight is 263 g/mol. The van der Waals surface area contributed by atoms with Crippen molar-refractivity contribution in [1.82, 2.24) is 10.2 Å². The van der Waals surface area contributed by atoms with E-state index in [0.717, 1.165) is 19.1 Å². The Hall–Kier alpha value is 0.170. The Bertz CT molecular complexity index is 213. The normalized spacial score (nSPS) is 30.5. The van der Waals surface area contributed by atoms with E-state index in [1.54, 1.807) is 0 Å². The largest absolute Gasteiger partial charge is 0.381 e. The molecule has 0 aromatic heterocycles. The van der Waals surface area contributed by atoms with Crippen LogP contribution in [0.4, 0.5) is 0 Å². The molecule has 1 atom stereocenters. The van der Waals surface area contributed by atoms with Crippen molar-refractivity contribution in [2.75, 3.05) is 46.4 Å². The van der Waals surface area contributed by atoms with Crippen molar-refractivity contribution in [2.45, 2.75) is 26.2 Å². The topological polar surface area (TPSA) is 24.5 Å². The zero-order valence-electron chi connectivity index (χ0n) is 11.2. The van der Waals surface area contributed by atoms with Crippen LogP contribution in [0.5, 0.6) is 0 Å². The molecule has 0 spiro atoms. The quantitative estimate of drug-likeness (QED) is 0.836. The van der Waals surface area contributed by atoms with Gasteiger partial charge in [-0.1, -0.05) is 6.92 Å². The summed E-state index contributed by atoms with van der Waals surface area (Å²) in [6.07, 6.45) is 3.82. The summed E-state index contributed by atoms with van der Waals surface area (Å²) in [6, 6.07) is 0. The number of nitrogens with zero attached hydrogens (tertiary/aromatic N) is 1. The molecule has 4 heteroatoms. The van der Waals surface area contributed by atoms with E-state index < -0.39 is 0 Å². The van der Waals surface area contributed by atoms with Crippen molar-refractivity contribution in [2.24, 2.45) is 11.3 Å². The van der Waals surface area contributed by atoms with Crippen LogP contribution in [0.2, 0.25) is 0 Å². The van der Waals surface area contributed by atoms with E-state index in [-0.39, 0.29) is 12.4 Å². The van der Waals surface area contributed by atoms with Gasteiger partial charge in [0.2, 0.25) is 0 Å². The molecule has 102 valence electrons.